The zero-order chi connectivity index (χ0) is 18.8. The molecule has 1 aromatic rings. The van der Waals surface area contributed by atoms with Gasteiger partial charge in [-0.3, -0.25) is 19.2 Å². The molecule has 25 heavy (non-hydrogen) atoms. The molecule has 0 heterocycles. The Bertz CT molecular complexity index is 618. The van der Waals surface area contributed by atoms with Gasteiger partial charge in [-0.05, 0) is 12.0 Å². The van der Waals surface area contributed by atoms with E-state index >= 15 is 0 Å². The van der Waals surface area contributed by atoms with Crippen LogP contribution in [0.4, 0.5) is 0 Å². The third-order valence-electron chi connectivity index (χ3n) is 3.59. The van der Waals surface area contributed by atoms with Gasteiger partial charge in [0.2, 0.25) is 23.6 Å². The summed E-state index contributed by atoms with van der Waals surface area (Å²) in [6.45, 7) is 1.67. The minimum absolute atomic E-state index is 0.0101. The lowest BCUT2D eigenvalue weighted by Gasteiger charge is -2.21. The van der Waals surface area contributed by atoms with Gasteiger partial charge in [0.15, 0.2) is 0 Å². The van der Waals surface area contributed by atoms with Gasteiger partial charge in [-0.1, -0.05) is 37.3 Å². The number of hydrogen-bond acceptors (Lipinski definition) is 4. The van der Waals surface area contributed by atoms with Gasteiger partial charge in [0.05, 0.1) is 0 Å². The first-order chi connectivity index (χ1) is 11.8. The summed E-state index contributed by atoms with van der Waals surface area (Å²) < 4.78 is 0. The second-order valence-electron chi connectivity index (χ2n) is 5.63. The van der Waals surface area contributed by atoms with E-state index in [9.17, 15) is 19.2 Å². The fourth-order valence-corrected chi connectivity index (χ4v) is 2.20. The van der Waals surface area contributed by atoms with Crippen molar-refractivity contribution in [3.05, 3.63) is 35.9 Å². The molecule has 6 N–H and O–H groups in total. The van der Waals surface area contributed by atoms with Crippen LogP contribution in [0.15, 0.2) is 30.3 Å². The first kappa shape index (κ1) is 20.1. The quantitative estimate of drug-likeness (QED) is 0.445. The van der Waals surface area contributed by atoms with Crippen molar-refractivity contribution in [2.75, 3.05) is 0 Å². The molecule has 0 radical (unpaired) electrons. The maximum Gasteiger partial charge on any atom is 0.243 e. The summed E-state index contributed by atoms with van der Waals surface area (Å²) in [4.78, 5) is 46.6. The van der Waals surface area contributed by atoms with Gasteiger partial charge in [0.1, 0.15) is 12.1 Å². The van der Waals surface area contributed by atoms with Crippen LogP contribution in [0, 0.1) is 0 Å². The topological polar surface area (TPSA) is 144 Å². The Morgan fingerprint density at radius 2 is 1.64 bits per heavy atom. The van der Waals surface area contributed by atoms with Gasteiger partial charge in [-0.2, -0.15) is 0 Å². The number of nitrogens with one attached hydrogen (secondary N) is 2. The Kier molecular flexibility index (Phi) is 8.11. The van der Waals surface area contributed by atoms with E-state index in [0.717, 1.165) is 5.56 Å². The molecule has 2 atom stereocenters. The molecule has 0 aliphatic carbocycles. The molecule has 0 saturated heterocycles. The summed E-state index contributed by atoms with van der Waals surface area (Å²) in [5, 5.41) is 5.12. The predicted octanol–water partition coefficient (Wildman–Crippen LogP) is -0.640. The Balaban J connectivity index is 2.83. The first-order valence-electron chi connectivity index (χ1n) is 8.04. The molecule has 136 valence electrons. The number of primary amides is 2. The Morgan fingerprint density at radius 1 is 1.00 bits per heavy atom. The van der Waals surface area contributed by atoms with E-state index in [1.807, 2.05) is 30.3 Å². The monoisotopic (exact) mass is 348 g/mol. The predicted molar refractivity (Wildman–Crippen MR) is 91.9 cm³/mol. The molecular weight excluding hydrogens is 324 g/mol. The van der Waals surface area contributed by atoms with E-state index in [1.165, 1.54) is 0 Å². The summed E-state index contributed by atoms with van der Waals surface area (Å²) in [5.74, 6) is -2.20. The van der Waals surface area contributed by atoms with Crippen molar-refractivity contribution in [3.63, 3.8) is 0 Å². The number of hydrogen-bond donors (Lipinski definition) is 4. The van der Waals surface area contributed by atoms with Gasteiger partial charge in [0.25, 0.3) is 0 Å². The summed E-state index contributed by atoms with van der Waals surface area (Å²) in [6.07, 6.45) is 0.411. The number of carbonyl (C=O) groups excluding carboxylic acids is 4. The minimum atomic E-state index is -1.03. The van der Waals surface area contributed by atoms with Crippen LogP contribution in [0.1, 0.15) is 31.7 Å². The van der Waals surface area contributed by atoms with Crippen molar-refractivity contribution in [2.24, 2.45) is 11.5 Å². The maximum absolute atomic E-state index is 12.5. The lowest BCUT2D eigenvalue weighted by atomic mass is 10.0. The molecule has 1 aromatic carbocycles. The molecular formula is C17H24N4O4. The first-order valence-corrected chi connectivity index (χ1v) is 8.04. The molecule has 0 bridgehead atoms. The molecule has 1 rings (SSSR count). The van der Waals surface area contributed by atoms with Crippen molar-refractivity contribution in [2.45, 2.75) is 44.7 Å². The summed E-state index contributed by atoms with van der Waals surface area (Å²) in [6, 6.07) is 7.27. The smallest absolute Gasteiger partial charge is 0.243 e. The van der Waals surface area contributed by atoms with Crippen LogP contribution in [0.25, 0.3) is 0 Å². The second-order valence-corrected chi connectivity index (χ2v) is 5.63. The molecule has 4 amide bonds. The van der Waals surface area contributed by atoms with Gasteiger partial charge in [-0.25, -0.2) is 0 Å². The normalized spacial score (nSPS) is 12.7. The standard InChI is InChI=1S/C17H24N4O4/c1-2-15(23)20-13(10-11-6-4-3-5-7-11)17(25)21-12(16(19)24)8-9-14(18)22/h3-7,12-13H,2,8-10H2,1H3,(H2,18,22)(H2,19,24)(H,20,23)(H,21,25)/t12-,13+/m1/s1. The van der Waals surface area contributed by atoms with Crippen LogP contribution >= 0.6 is 0 Å². The van der Waals surface area contributed by atoms with Gasteiger partial charge < -0.3 is 22.1 Å². The highest BCUT2D eigenvalue weighted by atomic mass is 16.2. The number of rotatable bonds is 10. The number of carbonyl (C=O) groups is 4. The number of amides is 4. The lowest BCUT2D eigenvalue weighted by Crippen LogP contribution is -2.53. The van der Waals surface area contributed by atoms with Gasteiger partial charge in [-0.15, -0.1) is 0 Å². The van der Waals surface area contributed by atoms with Crippen molar-refractivity contribution < 1.29 is 19.2 Å². The van der Waals surface area contributed by atoms with E-state index in [1.54, 1.807) is 6.92 Å². The molecule has 0 aliphatic heterocycles. The second kappa shape index (κ2) is 10.1. The third-order valence-corrected chi connectivity index (χ3v) is 3.59. The fraction of sp³-hybridized carbons (Fsp3) is 0.412. The number of nitrogens with two attached hydrogens (primary N) is 2. The van der Waals surface area contributed by atoms with Gasteiger partial charge in [0, 0.05) is 19.3 Å². The highest BCUT2D eigenvalue weighted by Crippen LogP contribution is 2.05. The third kappa shape index (κ3) is 7.47. The van der Waals surface area contributed by atoms with Gasteiger partial charge >= 0.3 is 0 Å². The fourth-order valence-electron chi connectivity index (χ4n) is 2.20. The van der Waals surface area contributed by atoms with E-state index in [-0.39, 0.29) is 31.6 Å². The maximum atomic E-state index is 12.5. The number of benzene rings is 1. The Morgan fingerprint density at radius 3 is 2.16 bits per heavy atom. The van der Waals surface area contributed by atoms with E-state index in [0.29, 0.717) is 0 Å². The van der Waals surface area contributed by atoms with Crippen LogP contribution in [-0.4, -0.2) is 35.7 Å². The van der Waals surface area contributed by atoms with Crippen LogP contribution < -0.4 is 22.1 Å². The average Bonchev–Trinajstić information content (AvgIpc) is 2.58. The van der Waals surface area contributed by atoms with Crippen molar-refractivity contribution in [3.8, 4) is 0 Å². The Labute approximate surface area is 146 Å². The largest absolute Gasteiger partial charge is 0.370 e. The minimum Gasteiger partial charge on any atom is -0.370 e. The molecule has 0 fully saturated rings. The summed E-state index contributed by atoms with van der Waals surface area (Å²) in [7, 11) is 0. The molecule has 0 unspecified atom stereocenters. The highest BCUT2D eigenvalue weighted by Gasteiger charge is 2.25. The Hall–Kier alpha value is -2.90. The zero-order valence-electron chi connectivity index (χ0n) is 14.2. The summed E-state index contributed by atoms with van der Waals surface area (Å²) >= 11 is 0. The van der Waals surface area contributed by atoms with Crippen molar-refractivity contribution in [1.82, 2.24) is 10.6 Å². The van der Waals surface area contributed by atoms with Crippen molar-refractivity contribution >= 4 is 23.6 Å². The van der Waals surface area contributed by atoms with E-state index in [2.05, 4.69) is 10.6 Å². The van der Waals surface area contributed by atoms with E-state index < -0.39 is 29.8 Å². The van der Waals surface area contributed by atoms with Crippen molar-refractivity contribution in [1.29, 1.82) is 0 Å². The molecule has 0 aromatic heterocycles. The molecule has 8 nitrogen and oxygen atoms in total. The van der Waals surface area contributed by atoms with Crippen LogP contribution in [0.2, 0.25) is 0 Å². The molecule has 0 spiro atoms. The lowest BCUT2D eigenvalue weighted by molar-refractivity contribution is -0.131. The van der Waals surface area contributed by atoms with Crippen LogP contribution in [-0.2, 0) is 25.6 Å². The van der Waals surface area contributed by atoms with Crippen LogP contribution in [0.5, 0.6) is 0 Å². The van der Waals surface area contributed by atoms with Crippen LogP contribution in [0.3, 0.4) is 0 Å². The SMILES string of the molecule is CCC(=O)N[C@@H](Cc1ccccc1)C(=O)N[C@H](CCC(N)=O)C(N)=O. The molecule has 8 heteroatoms. The molecule has 0 aliphatic rings. The highest BCUT2D eigenvalue weighted by molar-refractivity contribution is 5.92. The zero-order valence-corrected chi connectivity index (χ0v) is 14.2. The molecule has 0 saturated carbocycles. The van der Waals surface area contributed by atoms with E-state index in [4.69, 9.17) is 11.5 Å². The summed E-state index contributed by atoms with van der Waals surface area (Å²) in [5.41, 5.74) is 11.2. The average molecular weight is 348 g/mol.